The van der Waals surface area contributed by atoms with Crippen LogP contribution in [0.2, 0.25) is 0 Å². The van der Waals surface area contributed by atoms with E-state index in [1.807, 2.05) is 24.3 Å². The van der Waals surface area contributed by atoms with Crippen LogP contribution in [0.15, 0.2) is 42.5 Å². The maximum absolute atomic E-state index is 5.85. The molecule has 2 aromatic carbocycles. The summed E-state index contributed by atoms with van der Waals surface area (Å²) in [5.41, 5.74) is 4.06. The van der Waals surface area contributed by atoms with Crippen LogP contribution in [0.5, 0.6) is 5.75 Å². The van der Waals surface area contributed by atoms with E-state index in [4.69, 9.17) is 9.57 Å². The van der Waals surface area contributed by atoms with Crippen molar-refractivity contribution < 1.29 is 9.57 Å². The Hall–Kier alpha value is -3.00. The van der Waals surface area contributed by atoms with Crippen LogP contribution >= 0.6 is 0 Å². The molecule has 1 heterocycles. The summed E-state index contributed by atoms with van der Waals surface area (Å²) in [6.45, 7) is 7.20. The molecule has 0 atom stereocenters. The summed E-state index contributed by atoms with van der Waals surface area (Å²) in [6.07, 6.45) is 0.600. The third kappa shape index (κ3) is 4.34. The summed E-state index contributed by atoms with van der Waals surface area (Å²) in [6, 6.07) is 14.0. The number of para-hydroxylation sites is 1. The summed E-state index contributed by atoms with van der Waals surface area (Å²) < 4.78 is 5.85. The molecular formula is C21H23N3O2. The molecule has 0 saturated carbocycles. The van der Waals surface area contributed by atoms with Crippen molar-refractivity contribution >= 4 is 11.0 Å². The summed E-state index contributed by atoms with van der Waals surface area (Å²) in [4.78, 5) is 7.03. The molecule has 134 valence electrons. The van der Waals surface area contributed by atoms with Crippen molar-refractivity contribution in [3.8, 4) is 17.6 Å². The molecule has 26 heavy (non-hydrogen) atoms. The third-order valence-corrected chi connectivity index (χ3v) is 3.98. The third-order valence-electron chi connectivity index (χ3n) is 3.98. The van der Waals surface area contributed by atoms with E-state index in [-0.39, 0.29) is 0 Å². The van der Waals surface area contributed by atoms with Gasteiger partial charge in [-0.3, -0.25) is 0 Å². The molecule has 0 fully saturated rings. The van der Waals surface area contributed by atoms with E-state index in [2.05, 4.69) is 61.1 Å². The number of hydrogen-bond donors (Lipinski definition) is 0. The molecule has 5 heteroatoms. The molecule has 5 nitrogen and oxygen atoms in total. The van der Waals surface area contributed by atoms with Gasteiger partial charge in [0.1, 0.15) is 30.0 Å². The molecule has 0 unspecified atom stereocenters. The minimum absolute atomic E-state index is 0.370. The highest BCUT2D eigenvalue weighted by Crippen LogP contribution is 2.27. The number of ether oxygens (including phenoxy) is 1. The van der Waals surface area contributed by atoms with Gasteiger partial charge in [0.2, 0.25) is 0 Å². The number of benzene rings is 2. The van der Waals surface area contributed by atoms with E-state index in [0.29, 0.717) is 25.6 Å². The first-order valence-corrected chi connectivity index (χ1v) is 8.78. The van der Waals surface area contributed by atoms with Crippen LogP contribution in [0.3, 0.4) is 0 Å². The van der Waals surface area contributed by atoms with Gasteiger partial charge in [0.15, 0.2) is 0 Å². The highest BCUT2D eigenvalue weighted by Gasteiger charge is 2.07. The summed E-state index contributed by atoms with van der Waals surface area (Å²) >= 11 is 0. The first-order chi connectivity index (χ1) is 12.6. The smallest absolute Gasteiger partial charge is 0.149 e. The lowest BCUT2D eigenvalue weighted by Crippen LogP contribution is -2.13. The zero-order valence-electron chi connectivity index (χ0n) is 15.4. The second-order valence-electron chi connectivity index (χ2n) is 6.37. The van der Waals surface area contributed by atoms with Gasteiger partial charge in [-0.15, -0.1) is 5.10 Å². The van der Waals surface area contributed by atoms with Crippen LogP contribution in [0.1, 0.15) is 37.3 Å². The Morgan fingerprint density at radius 2 is 1.96 bits per heavy atom. The van der Waals surface area contributed by atoms with Crippen molar-refractivity contribution in [2.45, 2.75) is 33.1 Å². The quantitative estimate of drug-likeness (QED) is 0.502. The van der Waals surface area contributed by atoms with E-state index in [1.165, 1.54) is 16.0 Å². The van der Waals surface area contributed by atoms with Gasteiger partial charge in [-0.2, -0.15) is 0 Å². The molecule has 0 aliphatic heterocycles. The van der Waals surface area contributed by atoms with Gasteiger partial charge in [-0.1, -0.05) is 54.8 Å². The van der Waals surface area contributed by atoms with E-state index < -0.39 is 0 Å². The lowest BCUT2D eigenvalue weighted by Gasteiger charge is -2.13. The molecule has 0 radical (unpaired) electrons. The van der Waals surface area contributed by atoms with E-state index in [9.17, 15) is 0 Å². The van der Waals surface area contributed by atoms with Crippen molar-refractivity contribution in [3.63, 3.8) is 0 Å². The fourth-order valence-corrected chi connectivity index (χ4v) is 2.62. The molecule has 0 spiro atoms. The average Bonchev–Trinajstić information content (AvgIpc) is 3.04. The number of fused-ring (bicyclic) bond motifs is 1. The molecule has 0 aliphatic carbocycles. The molecule has 0 saturated heterocycles. The minimum Gasteiger partial charge on any atom is -0.481 e. The lowest BCUT2D eigenvalue weighted by molar-refractivity contribution is 0.0919. The Bertz CT molecular complexity index is 935. The number of aryl methyl sites for hydroxylation is 1. The van der Waals surface area contributed by atoms with E-state index in [0.717, 1.165) is 16.8 Å². The van der Waals surface area contributed by atoms with Crippen LogP contribution in [0.25, 0.3) is 11.0 Å². The molecular weight excluding hydrogens is 326 g/mol. The lowest BCUT2D eigenvalue weighted by atomic mass is 10.0. The summed E-state index contributed by atoms with van der Waals surface area (Å²) in [5.74, 6) is 7.44. The van der Waals surface area contributed by atoms with E-state index in [1.54, 1.807) is 0 Å². The standard InChI is InChI=1S/C21H23N3O2/c1-16(2)18-12-11-17(3)15-21(18)25-13-7-4-8-14-26-24-20-10-6-5-9-19(20)22-23-24/h5-6,9-12,15-16H,8,13-14H2,1-3H3. The van der Waals surface area contributed by atoms with Gasteiger partial charge in [-0.25, -0.2) is 0 Å². The topological polar surface area (TPSA) is 49.2 Å². The normalized spacial score (nSPS) is 10.6. The Balaban J connectivity index is 1.47. The number of aromatic nitrogens is 3. The van der Waals surface area contributed by atoms with Crippen LogP contribution in [0.4, 0.5) is 0 Å². The minimum atomic E-state index is 0.370. The van der Waals surface area contributed by atoms with E-state index >= 15 is 0 Å². The first-order valence-electron chi connectivity index (χ1n) is 8.78. The van der Waals surface area contributed by atoms with Gasteiger partial charge < -0.3 is 9.57 Å². The molecule has 0 amide bonds. The maximum Gasteiger partial charge on any atom is 0.149 e. The van der Waals surface area contributed by atoms with Crippen molar-refractivity contribution in [1.82, 2.24) is 15.2 Å². The van der Waals surface area contributed by atoms with Crippen molar-refractivity contribution in [2.24, 2.45) is 0 Å². The maximum atomic E-state index is 5.85. The van der Waals surface area contributed by atoms with Crippen molar-refractivity contribution in [1.29, 1.82) is 0 Å². The van der Waals surface area contributed by atoms with Crippen LogP contribution in [0, 0.1) is 18.8 Å². The van der Waals surface area contributed by atoms with Gasteiger partial charge >= 0.3 is 0 Å². The van der Waals surface area contributed by atoms with Crippen LogP contribution < -0.4 is 9.57 Å². The van der Waals surface area contributed by atoms with Crippen LogP contribution in [-0.2, 0) is 0 Å². The second-order valence-corrected chi connectivity index (χ2v) is 6.37. The summed E-state index contributed by atoms with van der Waals surface area (Å²) in [5, 5.41) is 8.02. The highest BCUT2D eigenvalue weighted by molar-refractivity contribution is 5.73. The Morgan fingerprint density at radius 3 is 2.81 bits per heavy atom. The Morgan fingerprint density at radius 1 is 1.12 bits per heavy atom. The second kappa shape index (κ2) is 8.39. The largest absolute Gasteiger partial charge is 0.481 e. The fraction of sp³-hybridized carbons (Fsp3) is 0.333. The molecule has 1 aromatic heterocycles. The highest BCUT2D eigenvalue weighted by atomic mass is 16.7. The van der Waals surface area contributed by atoms with Crippen molar-refractivity contribution in [3.05, 3.63) is 53.6 Å². The zero-order chi connectivity index (χ0) is 18.4. The van der Waals surface area contributed by atoms with Crippen molar-refractivity contribution in [2.75, 3.05) is 13.2 Å². The number of nitrogens with zero attached hydrogens (tertiary/aromatic N) is 3. The van der Waals surface area contributed by atoms with Gasteiger partial charge in [0.05, 0.1) is 0 Å². The average molecular weight is 349 g/mol. The Kier molecular flexibility index (Phi) is 5.75. The summed E-state index contributed by atoms with van der Waals surface area (Å²) in [7, 11) is 0. The van der Waals surface area contributed by atoms with Gasteiger partial charge in [0, 0.05) is 6.42 Å². The van der Waals surface area contributed by atoms with Crippen LogP contribution in [-0.4, -0.2) is 28.4 Å². The number of rotatable bonds is 6. The molecule has 0 N–H and O–H groups in total. The zero-order valence-corrected chi connectivity index (χ0v) is 15.4. The first kappa shape index (κ1) is 17.8. The molecule has 0 aliphatic rings. The van der Waals surface area contributed by atoms with Gasteiger partial charge in [0.25, 0.3) is 0 Å². The molecule has 3 aromatic rings. The monoisotopic (exact) mass is 349 g/mol. The van der Waals surface area contributed by atoms with Gasteiger partial charge in [-0.05, 0) is 47.4 Å². The predicted molar refractivity (Wildman–Crippen MR) is 102 cm³/mol. The predicted octanol–water partition coefficient (Wildman–Crippen LogP) is 3.76. The molecule has 3 rings (SSSR count). The molecule has 0 bridgehead atoms. The SMILES string of the molecule is Cc1ccc(C(C)C)c(OCC#CCCOn2nnc3ccccc32)c1. The fourth-order valence-electron chi connectivity index (χ4n) is 2.62. The number of hydrogen-bond acceptors (Lipinski definition) is 4. The Labute approximate surface area is 153 Å².